The van der Waals surface area contributed by atoms with Gasteiger partial charge in [-0.3, -0.25) is 9.59 Å². The lowest BCUT2D eigenvalue weighted by atomic mass is 10.1. The summed E-state index contributed by atoms with van der Waals surface area (Å²) in [6.07, 6.45) is 2.42. The Kier molecular flexibility index (Phi) is 6.55. The number of aromatic nitrogens is 3. The highest BCUT2D eigenvalue weighted by atomic mass is 16.4. The Hall–Kier alpha value is -4.00. The van der Waals surface area contributed by atoms with Crippen molar-refractivity contribution in [2.24, 2.45) is 0 Å². The van der Waals surface area contributed by atoms with Gasteiger partial charge in [0.25, 0.3) is 5.56 Å². The van der Waals surface area contributed by atoms with Gasteiger partial charge >= 0.3 is 0 Å². The molecule has 1 N–H and O–H groups in total. The largest absolute Gasteiger partial charge is 0.421 e. The summed E-state index contributed by atoms with van der Waals surface area (Å²) in [5, 5.41) is 11.0. The molecule has 2 aromatic carbocycles. The molecule has 0 atom stereocenters. The van der Waals surface area contributed by atoms with Gasteiger partial charge in [0.1, 0.15) is 0 Å². The molecule has 0 unspecified atom stereocenters. The van der Waals surface area contributed by atoms with Crippen LogP contribution >= 0.6 is 0 Å². The fraction of sp³-hybridized carbons (Fsp3) is 0.200. The van der Waals surface area contributed by atoms with E-state index in [9.17, 15) is 9.59 Å². The normalized spacial score (nSPS) is 10.8. The molecule has 2 aromatic heterocycles. The minimum Gasteiger partial charge on any atom is -0.421 e. The molecule has 0 saturated carbocycles. The van der Waals surface area contributed by atoms with Crippen molar-refractivity contribution in [1.82, 2.24) is 20.1 Å². The predicted molar refractivity (Wildman–Crippen MR) is 121 cm³/mol. The van der Waals surface area contributed by atoms with E-state index in [2.05, 4.69) is 15.5 Å². The van der Waals surface area contributed by atoms with Gasteiger partial charge in [-0.15, -0.1) is 10.2 Å². The van der Waals surface area contributed by atoms with Crippen molar-refractivity contribution in [1.29, 1.82) is 0 Å². The van der Waals surface area contributed by atoms with Crippen molar-refractivity contribution in [2.45, 2.75) is 32.9 Å². The van der Waals surface area contributed by atoms with Crippen molar-refractivity contribution >= 4 is 5.91 Å². The Balaban J connectivity index is 1.24. The number of aryl methyl sites for hydroxylation is 2. The highest BCUT2D eigenvalue weighted by Crippen LogP contribution is 2.18. The average Bonchev–Trinajstić information content (AvgIpc) is 3.28. The van der Waals surface area contributed by atoms with Gasteiger partial charge in [-0.2, -0.15) is 0 Å². The zero-order valence-corrected chi connectivity index (χ0v) is 17.8. The second kappa shape index (κ2) is 9.87. The summed E-state index contributed by atoms with van der Waals surface area (Å²) in [7, 11) is 0. The number of pyridine rings is 1. The lowest BCUT2D eigenvalue weighted by Gasteiger charge is -2.08. The molecule has 32 heavy (non-hydrogen) atoms. The first kappa shape index (κ1) is 21.2. The van der Waals surface area contributed by atoms with E-state index in [4.69, 9.17) is 4.42 Å². The minimum absolute atomic E-state index is 0.0314. The van der Waals surface area contributed by atoms with Crippen LogP contribution in [0.4, 0.5) is 0 Å². The van der Waals surface area contributed by atoms with Crippen LogP contribution in [0.5, 0.6) is 0 Å². The van der Waals surface area contributed by atoms with E-state index < -0.39 is 0 Å². The quantitative estimate of drug-likeness (QED) is 0.464. The van der Waals surface area contributed by atoms with Crippen LogP contribution < -0.4 is 10.9 Å². The van der Waals surface area contributed by atoms with Crippen LogP contribution in [0.25, 0.3) is 11.5 Å². The molecular formula is C25H24N4O3. The third-order valence-corrected chi connectivity index (χ3v) is 5.10. The molecule has 0 spiro atoms. The van der Waals surface area contributed by atoms with E-state index in [-0.39, 0.29) is 17.9 Å². The zero-order valence-electron chi connectivity index (χ0n) is 17.8. The van der Waals surface area contributed by atoms with Crippen LogP contribution in [0, 0.1) is 6.92 Å². The molecule has 0 aliphatic rings. The number of rotatable bonds is 8. The molecule has 2 heterocycles. The van der Waals surface area contributed by atoms with Crippen LogP contribution in [0.3, 0.4) is 0 Å². The molecule has 0 saturated heterocycles. The van der Waals surface area contributed by atoms with Crippen molar-refractivity contribution in [3.8, 4) is 11.5 Å². The number of benzene rings is 2. The number of carbonyl (C=O) groups is 1. The Morgan fingerprint density at radius 2 is 1.72 bits per heavy atom. The van der Waals surface area contributed by atoms with Gasteiger partial charge in [-0.25, -0.2) is 0 Å². The van der Waals surface area contributed by atoms with Crippen LogP contribution in [0.15, 0.2) is 82.1 Å². The molecule has 0 bridgehead atoms. The summed E-state index contributed by atoms with van der Waals surface area (Å²) in [5.41, 5.74) is 4.00. The van der Waals surface area contributed by atoms with Crippen molar-refractivity contribution in [3.63, 3.8) is 0 Å². The zero-order chi connectivity index (χ0) is 22.3. The highest BCUT2D eigenvalue weighted by molar-refractivity contribution is 5.76. The Bertz CT molecular complexity index is 1240. The topological polar surface area (TPSA) is 90.0 Å². The van der Waals surface area contributed by atoms with Crippen LogP contribution in [0.1, 0.15) is 29.0 Å². The van der Waals surface area contributed by atoms with Gasteiger partial charge in [-0.05, 0) is 36.2 Å². The molecule has 0 radical (unpaired) electrons. The van der Waals surface area contributed by atoms with Gasteiger partial charge in [0.05, 0.1) is 6.54 Å². The smallest absolute Gasteiger partial charge is 0.250 e. The first-order chi connectivity index (χ1) is 15.6. The van der Waals surface area contributed by atoms with Crippen molar-refractivity contribution < 1.29 is 9.21 Å². The van der Waals surface area contributed by atoms with Crippen LogP contribution in [-0.4, -0.2) is 20.7 Å². The van der Waals surface area contributed by atoms with E-state index in [1.54, 1.807) is 22.9 Å². The van der Waals surface area contributed by atoms with Gasteiger partial charge in [0.15, 0.2) is 0 Å². The average molecular weight is 428 g/mol. The highest BCUT2D eigenvalue weighted by Gasteiger charge is 2.10. The molecule has 162 valence electrons. The lowest BCUT2D eigenvalue weighted by molar-refractivity contribution is -0.121. The molecule has 7 nitrogen and oxygen atoms in total. The summed E-state index contributed by atoms with van der Waals surface area (Å²) >= 11 is 0. The maximum Gasteiger partial charge on any atom is 0.250 e. The number of nitrogens with one attached hydrogen (secondary N) is 1. The predicted octanol–water partition coefficient (Wildman–Crippen LogP) is 3.50. The molecule has 0 aliphatic heterocycles. The molecule has 4 aromatic rings. The maximum absolute atomic E-state index is 12.2. The summed E-state index contributed by atoms with van der Waals surface area (Å²) in [5.74, 6) is 0.814. The second-order valence-electron chi connectivity index (χ2n) is 7.63. The fourth-order valence-electron chi connectivity index (χ4n) is 3.23. The Morgan fingerprint density at radius 1 is 0.969 bits per heavy atom. The van der Waals surface area contributed by atoms with Crippen molar-refractivity contribution in [3.05, 3.63) is 106 Å². The number of nitrogens with zero attached hydrogens (tertiary/aromatic N) is 3. The fourth-order valence-corrected chi connectivity index (χ4v) is 3.23. The Labute approximate surface area is 185 Å². The number of hydrogen-bond donors (Lipinski definition) is 1. The Morgan fingerprint density at radius 3 is 2.47 bits per heavy atom. The number of amides is 1. The second-order valence-corrected chi connectivity index (χ2v) is 7.63. The lowest BCUT2D eigenvalue weighted by Crippen LogP contribution is -2.23. The molecule has 4 rings (SSSR count). The number of hydrogen-bond acceptors (Lipinski definition) is 5. The minimum atomic E-state index is -0.0833. The van der Waals surface area contributed by atoms with Crippen LogP contribution in [-0.2, 0) is 24.3 Å². The number of carbonyl (C=O) groups excluding carboxylic acids is 1. The monoisotopic (exact) mass is 428 g/mol. The molecule has 0 aliphatic carbocycles. The summed E-state index contributed by atoms with van der Waals surface area (Å²) in [6, 6.07) is 20.8. The first-order valence-electron chi connectivity index (χ1n) is 10.5. The third-order valence-electron chi connectivity index (χ3n) is 5.10. The summed E-state index contributed by atoms with van der Waals surface area (Å²) < 4.78 is 7.32. The van der Waals surface area contributed by atoms with E-state index >= 15 is 0 Å². The standard InChI is InChI=1S/C25H24N4O3/c1-18-5-11-21(12-6-18)25-28-27-23(32-25)14-13-22(30)26-16-19-7-9-20(10-8-19)17-29-15-3-2-4-24(29)31/h2-12,15H,13-14,16-17H2,1H3,(H,26,30). The third kappa shape index (κ3) is 5.57. The first-order valence-corrected chi connectivity index (χ1v) is 10.5. The van der Waals surface area contributed by atoms with E-state index in [1.807, 2.05) is 61.5 Å². The molecule has 7 heteroatoms. The molecular weight excluding hydrogens is 404 g/mol. The van der Waals surface area contributed by atoms with E-state index in [1.165, 1.54) is 0 Å². The molecule has 1 amide bonds. The summed E-state index contributed by atoms with van der Waals surface area (Å²) in [6.45, 7) is 2.97. The van der Waals surface area contributed by atoms with E-state index in [0.29, 0.717) is 31.3 Å². The SMILES string of the molecule is Cc1ccc(-c2nnc(CCC(=O)NCc3ccc(Cn4ccccc4=O)cc3)o2)cc1. The van der Waals surface area contributed by atoms with Crippen molar-refractivity contribution in [2.75, 3.05) is 0 Å². The van der Waals surface area contributed by atoms with Gasteiger partial charge in [0.2, 0.25) is 17.7 Å². The van der Waals surface area contributed by atoms with Gasteiger partial charge < -0.3 is 14.3 Å². The van der Waals surface area contributed by atoms with Crippen LogP contribution in [0.2, 0.25) is 0 Å². The maximum atomic E-state index is 12.2. The van der Waals surface area contributed by atoms with Gasteiger partial charge in [-0.1, -0.05) is 48.0 Å². The van der Waals surface area contributed by atoms with E-state index in [0.717, 1.165) is 22.3 Å². The van der Waals surface area contributed by atoms with Gasteiger partial charge in [0, 0.05) is 37.2 Å². The summed E-state index contributed by atoms with van der Waals surface area (Å²) in [4.78, 5) is 24.0. The molecule has 0 fully saturated rings.